The Morgan fingerprint density at radius 2 is 2.33 bits per heavy atom. The average molecular weight is 232 g/mol. The third kappa shape index (κ3) is 3.19. The van der Waals surface area contributed by atoms with Gasteiger partial charge >= 0.3 is 0 Å². The van der Waals surface area contributed by atoms with Gasteiger partial charge < -0.3 is 9.84 Å². The van der Waals surface area contributed by atoms with Gasteiger partial charge in [-0.3, -0.25) is 4.98 Å². The van der Waals surface area contributed by atoms with E-state index in [0.29, 0.717) is 13.0 Å². The zero-order chi connectivity index (χ0) is 8.81. The zero-order valence-electron chi connectivity index (χ0n) is 6.53. The van der Waals surface area contributed by atoms with Crippen molar-refractivity contribution >= 4 is 15.9 Å². The summed E-state index contributed by atoms with van der Waals surface area (Å²) in [5, 5.41) is 8.49. The molecule has 0 saturated carbocycles. The monoisotopic (exact) mass is 231 g/mol. The first kappa shape index (κ1) is 9.48. The van der Waals surface area contributed by atoms with Crippen LogP contribution in [0.2, 0.25) is 0 Å². The Bertz CT molecular complexity index is 242. The Balaban J connectivity index is 2.41. The van der Waals surface area contributed by atoms with Crippen LogP contribution in [-0.2, 0) is 0 Å². The maximum Gasteiger partial charge on any atom is 0.138 e. The van der Waals surface area contributed by atoms with Crippen LogP contribution < -0.4 is 4.74 Å². The summed E-state index contributed by atoms with van der Waals surface area (Å²) in [6.45, 7) is 0.677. The van der Waals surface area contributed by atoms with Crippen molar-refractivity contribution in [1.82, 2.24) is 4.98 Å². The molecule has 4 heteroatoms. The van der Waals surface area contributed by atoms with Crippen molar-refractivity contribution in [3.8, 4) is 5.75 Å². The van der Waals surface area contributed by atoms with Gasteiger partial charge in [-0.2, -0.15) is 0 Å². The smallest absolute Gasteiger partial charge is 0.138 e. The van der Waals surface area contributed by atoms with Gasteiger partial charge in [0, 0.05) is 23.7 Å². The van der Waals surface area contributed by atoms with Crippen molar-refractivity contribution < 1.29 is 9.84 Å². The summed E-state index contributed by atoms with van der Waals surface area (Å²) in [5.41, 5.74) is 0. The highest BCUT2D eigenvalue weighted by Crippen LogP contribution is 2.15. The van der Waals surface area contributed by atoms with Crippen LogP contribution in [0.15, 0.2) is 22.9 Å². The summed E-state index contributed by atoms with van der Waals surface area (Å²) in [6.07, 6.45) is 3.98. The standard InChI is InChI=1S/C8H10BrNO2/c9-7-4-8(6-10-5-7)12-3-1-2-11/h4-6,11H,1-3H2. The maximum absolute atomic E-state index is 8.49. The minimum Gasteiger partial charge on any atom is -0.492 e. The van der Waals surface area contributed by atoms with Crippen molar-refractivity contribution in [2.45, 2.75) is 6.42 Å². The van der Waals surface area contributed by atoms with Crippen molar-refractivity contribution in [1.29, 1.82) is 0 Å². The van der Waals surface area contributed by atoms with Gasteiger partial charge in [-0.1, -0.05) is 0 Å². The van der Waals surface area contributed by atoms with E-state index in [9.17, 15) is 0 Å². The summed E-state index contributed by atoms with van der Waals surface area (Å²) in [6, 6.07) is 1.84. The fourth-order valence-corrected chi connectivity index (χ4v) is 1.07. The third-order valence-corrected chi connectivity index (χ3v) is 1.68. The molecule has 0 aliphatic rings. The molecule has 0 radical (unpaired) electrons. The molecule has 3 nitrogen and oxygen atoms in total. The quantitative estimate of drug-likeness (QED) is 0.802. The van der Waals surface area contributed by atoms with E-state index in [-0.39, 0.29) is 6.61 Å². The average Bonchev–Trinajstić information content (AvgIpc) is 2.05. The molecule has 1 aromatic heterocycles. The predicted octanol–water partition coefficient (Wildman–Crippen LogP) is 1.61. The van der Waals surface area contributed by atoms with E-state index in [2.05, 4.69) is 20.9 Å². The molecule has 0 saturated heterocycles. The number of halogens is 1. The van der Waals surface area contributed by atoms with E-state index in [0.717, 1.165) is 10.2 Å². The summed E-state index contributed by atoms with van der Waals surface area (Å²) < 4.78 is 6.17. The Morgan fingerprint density at radius 3 is 3.00 bits per heavy atom. The van der Waals surface area contributed by atoms with Crippen LogP contribution in [0.3, 0.4) is 0 Å². The van der Waals surface area contributed by atoms with Gasteiger partial charge in [0.1, 0.15) is 5.75 Å². The molecule has 0 unspecified atom stereocenters. The molecule has 1 N–H and O–H groups in total. The molecule has 12 heavy (non-hydrogen) atoms. The van der Waals surface area contributed by atoms with E-state index in [1.807, 2.05) is 6.07 Å². The maximum atomic E-state index is 8.49. The van der Waals surface area contributed by atoms with Gasteiger partial charge in [0.2, 0.25) is 0 Å². The summed E-state index contributed by atoms with van der Waals surface area (Å²) in [7, 11) is 0. The molecule has 0 aliphatic carbocycles. The number of rotatable bonds is 4. The first-order valence-electron chi connectivity index (χ1n) is 3.67. The first-order chi connectivity index (χ1) is 5.83. The predicted molar refractivity (Wildman–Crippen MR) is 49.1 cm³/mol. The molecule has 0 aliphatic heterocycles. The topological polar surface area (TPSA) is 42.4 Å². The Kier molecular flexibility index (Phi) is 4.04. The second-order valence-corrected chi connectivity index (χ2v) is 3.18. The highest BCUT2D eigenvalue weighted by Gasteiger charge is 1.94. The van der Waals surface area contributed by atoms with Gasteiger partial charge in [0.05, 0.1) is 12.8 Å². The van der Waals surface area contributed by atoms with E-state index in [1.54, 1.807) is 12.4 Å². The fourth-order valence-electron chi connectivity index (χ4n) is 0.726. The van der Waals surface area contributed by atoms with Crippen LogP contribution in [0, 0.1) is 0 Å². The Morgan fingerprint density at radius 1 is 1.50 bits per heavy atom. The number of hydrogen-bond acceptors (Lipinski definition) is 3. The molecular weight excluding hydrogens is 222 g/mol. The van der Waals surface area contributed by atoms with Crippen molar-refractivity contribution in [3.05, 3.63) is 22.9 Å². The van der Waals surface area contributed by atoms with E-state index in [4.69, 9.17) is 9.84 Å². The van der Waals surface area contributed by atoms with Crippen molar-refractivity contribution in [2.75, 3.05) is 13.2 Å². The lowest BCUT2D eigenvalue weighted by Crippen LogP contribution is -1.99. The molecule has 1 aromatic rings. The van der Waals surface area contributed by atoms with Gasteiger partial charge in [-0.25, -0.2) is 0 Å². The third-order valence-electron chi connectivity index (χ3n) is 1.25. The lowest BCUT2D eigenvalue weighted by molar-refractivity contribution is 0.233. The summed E-state index contributed by atoms with van der Waals surface area (Å²) >= 11 is 3.28. The van der Waals surface area contributed by atoms with Crippen LogP contribution in [-0.4, -0.2) is 23.3 Å². The van der Waals surface area contributed by atoms with Gasteiger partial charge in [0.25, 0.3) is 0 Å². The SMILES string of the molecule is OCCCOc1cncc(Br)c1. The highest BCUT2D eigenvalue weighted by molar-refractivity contribution is 9.10. The van der Waals surface area contributed by atoms with E-state index < -0.39 is 0 Å². The number of hydrogen-bond donors (Lipinski definition) is 1. The minimum atomic E-state index is 0.154. The van der Waals surface area contributed by atoms with E-state index >= 15 is 0 Å². The first-order valence-corrected chi connectivity index (χ1v) is 4.46. The number of nitrogens with zero attached hydrogens (tertiary/aromatic N) is 1. The summed E-state index contributed by atoms with van der Waals surface area (Å²) in [4.78, 5) is 3.93. The van der Waals surface area contributed by atoms with Gasteiger partial charge in [-0.05, 0) is 22.0 Å². The zero-order valence-corrected chi connectivity index (χ0v) is 8.12. The van der Waals surface area contributed by atoms with Crippen LogP contribution in [0.4, 0.5) is 0 Å². The molecule has 0 amide bonds. The number of aliphatic hydroxyl groups excluding tert-OH is 1. The normalized spacial score (nSPS) is 9.83. The summed E-state index contributed by atoms with van der Waals surface area (Å²) in [5.74, 6) is 0.720. The number of aliphatic hydroxyl groups is 1. The number of ether oxygens (including phenoxy) is 1. The molecule has 0 atom stereocenters. The second kappa shape index (κ2) is 5.11. The molecule has 0 aromatic carbocycles. The molecule has 1 heterocycles. The Hall–Kier alpha value is -0.610. The molecule has 0 spiro atoms. The van der Waals surface area contributed by atoms with Crippen molar-refractivity contribution in [2.24, 2.45) is 0 Å². The fraction of sp³-hybridized carbons (Fsp3) is 0.375. The molecule has 0 bridgehead atoms. The van der Waals surface area contributed by atoms with Crippen LogP contribution in [0.5, 0.6) is 5.75 Å². The van der Waals surface area contributed by atoms with Crippen LogP contribution in [0.1, 0.15) is 6.42 Å². The highest BCUT2D eigenvalue weighted by atomic mass is 79.9. The largest absolute Gasteiger partial charge is 0.492 e. The van der Waals surface area contributed by atoms with Gasteiger partial charge in [0.15, 0.2) is 0 Å². The molecular formula is C8H10BrNO2. The lowest BCUT2D eigenvalue weighted by atomic mass is 10.4. The van der Waals surface area contributed by atoms with Gasteiger partial charge in [-0.15, -0.1) is 0 Å². The number of pyridine rings is 1. The number of aromatic nitrogens is 1. The van der Waals surface area contributed by atoms with Crippen molar-refractivity contribution in [3.63, 3.8) is 0 Å². The molecule has 1 rings (SSSR count). The molecule has 0 fully saturated rings. The molecule has 66 valence electrons. The van der Waals surface area contributed by atoms with Crippen LogP contribution in [0.25, 0.3) is 0 Å². The second-order valence-electron chi connectivity index (χ2n) is 2.26. The van der Waals surface area contributed by atoms with Crippen LogP contribution >= 0.6 is 15.9 Å². The van der Waals surface area contributed by atoms with E-state index in [1.165, 1.54) is 0 Å². The minimum absolute atomic E-state index is 0.154. The Labute approximate surface area is 79.5 Å². The lowest BCUT2D eigenvalue weighted by Gasteiger charge is -2.03.